The van der Waals surface area contributed by atoms with E-state index in [9.17, 15) is 18.0 Å². The highest BCUT2D eigenvalue weighted by molar-refractivity contribution is 6.04. The summed E-state index contributed by atoms with van der Waals surface area (Å²) in [5, 5.41) is 0. The Hall–Kier alpha value is -4.01. The molecule has 3 aromatic carbocycles. The topological polar surface area (TPSA) is 54.4 Å². The molecule has 35 heavy (non-hydrogen) atoms. The molecule has 6 nitrogen and oxygen atoms in total. The molecule has 2 heterocycles. The molecule has 0 saturated carbocycles. The van der Waals surface area contributed by atoms with Gasteiger partial charge in [0.1, 0.15) is 23.0 Å². The van der Waals surface area contributed by atoms with Crippen LogP contribution in [0.15, 0.2) is 71.7 Å². The number of methoxy groups -OCH3 is 1. The van der Waals surface area contributed by atoms with Crippen molar-refractivity contribution in [1.82, 2.24) is 9.80 Å². The number of piperazine rings is 1. The molecule has 0 spiro atoms. The van der Waals surface area contributed by atoms with Gasteiger partial charge in [0.05, 0.1) is 18.2 Å². The van der Waals surface area contributed by atoms with Crippen LogP contribution in [-0.2, 0) is 6.18 Å². The summed E-state index contributed by atoms with van der Waals surface area (Å²) in [4.78, 5) is 21.2. The summed E-state index contributed by atoms with van der Waals surface area (Å²) in [6, 6.07) is 17.5. The van der Waals surface area contributed by atoms with E-state index in [0.717, 1.165) is 12.1 Å². The van der Waals surface area contributed by atoms with Gasteiger partial charge in [0.25, 0.3) is 5.91 Å². The minimum atomic E-state index is -4.50. The van der Waals surface area contributed by atoms with Crippen molar-refractivity contribution in [2.45, 2.75) is 6.18 Å². The van der Waals surface area contributed by atoms with Crippen LogP contribution in [0.1, 0.15) is 21.5 Å². The quantitative estimate of drug-likeness (QED) is 0.495. The number of carbonyl (C=O) groups is 1. The zero-order chi connectivity index (χ0) is 24.6. The SMILES string of the molecule is COc1ccc2c(c1)C(N1CCN(C(=O)c3ccccc3)CC1)=Nc1cc(C(F)(F)F)ccc1O2. The molecule has 2 aliphatic heterocycles. The van der Waals surface area contributed by atoms with Crippen molar-refractivity contribution in [1.29, 1.82) is 0 Å². The van der Waals surface area contributed by atoms with Crippen molar-refractivity contribution in [3.8, 4) is 17.2 Å². The number of amides is 1. The Morgan fingerprint density at radius 1 is 0.943 bits per heavy atom. The van der Waals surface area contributed by atoms with E-state index in [1.54, 1.807) is 35.2 Å². The number of rotatable bonds is 2. The van der Waals surface area contributed by atoms with Gasteiger partial charge in [-0.25, -0.2) is 4.99 Å². The molecule has 180 valence electrons. The third kappa shape index (κ3) is 4.53. The van der Waals surface area contributed by atoms with Gasteiger partial charge >= 0.3 is 6.18 Å². The minimum absolute atomic E-state index is 0.0568. The maximum absolute atomic E-state index is 13.4. The predicted molar refractivity (Wildman–Crippen MR) is 125 cm³/mol. The number of nitrogens with zero attached hydrogens (tertiary/aromatic N) is 3. The standard InChI is InChI=1S/C26H22F3N3O3/c1-34-19-8-10-22-20(16-19)24(30-21-15-18(26(27,28)29)7-9-23(21)35-22)31-11-13-32(14-12-31)25(33)17-5-3-2-4-6-17/h2-10,15-16H,11-14H2,1H3. The Balaban J connectivity index is 1.49. The Kier molecular flexibility index (Phi) is 5.84. The van der Waals surface area contributed by atoms with Crippen LogP contribution < -0.4 is 9.47 Å². The van der Waals surface area contributed by atoms with E-state index in [4.69, 9.17) is 9.47 Å². The third-order valence-corrected chi connectivity index (χ3v) is 6.05. The summed E-state index contributed by atoms with van der Waals surface area (Å²) in [7, 11) is 1.54. The first-order valence-electron chi connectivity index (χ1n) is 11.1. The lowest BCUT2D eigenvalue weighted by Crippen LogP contribution is -2.50. The Labute approximate surface area is 200 Å². The predicted octanol–water partition coefficient (Wildman–Crippen LogP) is 5.36. The molecule has 2 aliphatic rings. The lowest BCUT2D eigenvalue weighted by Gasteiger charge is -2.36. The van der Waals surface area contributed by atoms with Gasteiger partial charge in [-0.05, 0) is 48.5 Å². The Morgan fingerprint density at radius 2 is 1.66 bits per heavy atom. The second-order valence-electron chi connectivity index (χ2n) is 8.23. The molecule has 0 N–H and O–H groups in total. The highest BCUT2D eigenvalue weighted by Crippen LogP contribution is 2.42. The van der Waals surface area contributed by atoms with Crippen molar-refractivity contribution in [2.75, 3.05) is 33.3 Å². The Bertz CT molecular complexity index is 1280. The summed E-state index contributed by atoms with van der Waals surface area (Å²) in [5.74, 6) is 1.69. The zero-order valence-electron chi connectivity index (χ0n) is 18.9. The van der Waals surface area contributed by atoms with Crippen molar-refractivity contribution >= 4 is 17.4 Å². The Morgan fingerprint density at radius 3 is 2.34 bits per heavy atom. The van der Waals surface area contributed by atoms with Crippen LogP contribution in [0, 0.1) is 0 Å². The molecule has 1 fully saturated rings. The normalized spacial score (nSPS) is 15.4. The highest BCUT2D eigenvalue weighted by atomic mass is 19.4. The molecule has 0 aromatic heterocycles. The second-order valence-corrected chi connectivity index (χ2v) is 8.23. The van der Waals surface area contributed by atoms with E-state index < -0.39 is 11.7 Å². The molecule has 1 saturated heterocycles. The summed E-state index contributed by atoms with van der Waals surface area (Å²) >= 11 is 0. The number of halogens is 3. The maximum atomic E-state index is 13.4. The van der Waals surface area contributed by atoms with Gasteiger partial charge in [-0.15, -0.1) is 0 Å². The molecule has 9 heteroatoms. The first-order chi connectivity index (χ1) is 16.8. The summed E-state index contributed by atoms with van der Waals surface area (Å²) in [5.41, 5.74) is 0.513. The molecule has 5 rings (SSSR count). The molecule has 0 radical (unpaired) electrons. The third-order valence-electron chi connectivity index (χ3n) is 6.05. The molecular weight excluding hydrogens is 459 g/mol. The number of hydrogen-bond donors (Lipinski definition) is 0. The van der Waals surface area contributed by atoms with E-state index in [1.165, 1.54) is 13.2 Å². The van der Waals surface area contributed by atoms with Gasteiger partial charge in [0, 0.05) is 31.7 Å². The molecule has 0 unspecified atom stereocenters. The van der Waals surface area contributed by atoms with Gasteiger partial charge in [-0.3, -0.25) is 4.79 Å². The van der Waals surface area contributed by atoms with Crippen molar-refractivity contribution in [3.63, 3.8) is 0 Å². The number of amidine groups is 1. The number of aliphatic imine (C=N–C) groups is 1. The van der Waals surface area contributed by atoms with Crippen LogP contribution >= 0.6 is 0 Å². The van der Waals surface area contributed by atoms with Gasteiger partial charge in [0.2, 0.25) is 0 Å². The summed E-state index contributed by atoms with van der Waals surface area (Å²) in [6.07, 6.45) is -4.50. The zero-order valence-corrected chi connectivity index (χ0v) is 18.9. The average Bonchev–Trinajstić information content (AvgIpc) is 3.04. The lowest BCUT2D eigenvalue weighted by molar-refractivity contribution is -0.137. The number of benzene rings is 3. The molecule has 0 bridgehead atoms. The van der Waals surface area contributed by atoms with Gasteiger partial charge in [-0.1, -0.05) is 18.2 Å². The second kappa shape index (κ2) is 8.98. The fraction of sp³-hybridized carbons (Fsp3) is 0.231. The number of hydrogen-bond acceptors (Lipinski definition) is 5. The van der Waals surface area contributed by atoms with E-state index in [0.29, 0.717) is 54.6 Å². The van der Waals surface area contributed by atoms with Gasteiger partial charge < -0.3 is 19.3 Å². The molecule has 0 aliphatic carbocycles. The molecule has 0 atom stereocenters. The fourth-order valence-corrected chi connectivity index (χ4v) is 4.19. The first-order valence-corrected chi connectivity index (χ1v) is 11.1. The van der Waals surface area contributed by atoms with Gasteiger partial charge in [0.15, 0.2) is 5.75 Å². The molecular formula is C26H22F3N3O3. The van der Waals surface area contributed by atoms with Crippen LogP contribution in [0.3, 0.4) is 0 Å². The smallest absolute Gasteiger partial charge is 0.416 e. The fourth-order valence-electron chi connectivity index (χ4n) is 4.19. The van der Waals surface area contributed by atoms with Crippen LogP contribution in [0.2, 0.25) is 0 Å². The summed E-state index contributed by atoms with van der Waals surface area (Å²) < 4.78 is 51.5. The van der Waals surface area contributed by atoms with Crippen molar-refractivity contribution in [2.24, 2.45) is 4.99 Å². The van der Waals surface area contributed by atoms with Crippen molar-refractivity contribution in [3.05, 3.63) is 83.4 Å². The van der Waals surface area contributed by atoms with E-state index in [1.807, 2.05) is 23.1 Å². The first kappa shape index (κ1) is 22.8. The van der Waals surface area contributed by atoms with Crippen LogP contribution in [-0.4, -0.2) is 54.8 Å². The number of fused-ring (bicyclic) bond motifs is 2. The van der Waals surface area contributed by atoms with Gasteiger partial charge in [-0.2, -0.15) is 13.2 Å². The molecule has 1 amide bonds. The molecule has 3 aromatic rings. The maximum Gasteiger partial charge on any atom is 0.416 e. The van der Waals surface area contributed by atoms with Crippen LogP contribution in [0.25, 0.3) is 0 Å². The summed E-state index contributed by atoms with van der Waals surface area (Å²) in [6.45, 7) is 1.81. The average molecular weight is 481 g/mol. The lowest BCUT2D eigenvalue weighted by atomic mass is 10.1. The monoisotopic (exact) mass is 481 g/mol. The number of carbonyl (C=O) groups excluding carboxylic acids is 1. The van der Waals surface area contributed by atoms with E-state index >= 15 is 0 Å². The van der Waals surface area contributed by atoms with Crippen LogP contribution in [0.5, 0.6) is 17.2 Å². The largest absolute Gasteiger partial charge is 0.497 e. The number of alkyl halides is 3. The minimum Gasteiger partial charge on any atom is -0.497 e. The van der Waals surface area contributed by atoms with Crippen molar-refractivity contribution < 1.29 is 27.4 Å². The van der Waals surface area contributed by atoms with E-state index in [2.05, 4.69) is 4.99 Å². The van der Waals surface area contributed by atoms with Crippen LogP contribution in [0.4, 0.5) is 18.9 Å². The highest BCUT2D eigenvalue weighted by Gasteiger charge is 2.33. The number of ether oxygens (including phenoxy) is 2. The van der Waals surface area contributed by atoms with E-state index in [-0.39, 0.29) is 17.3 Å².